The molecule has 0 bridgehead atoms. The first-order valence-corrected chi connectivity index (χ1v) is 11.8. The zero-order chi connectivity index (χ0) is 24.9. The molecule has 0 aliphatic rings. The molecule has 3 aromatic carbocycles. The van der Waals surface area contributed by atoms with E-state index in [1.807, 2.05) is 48.0 Å². The monoisotopic (exact) mass is 483 g/mol. The van der Waals surface area contributed by atoms with E-state index in [1.165, 1.54) is 0 Å². The van der Waals surface area contributed by atoms with Gasteiger partial charge < -0.3 is 14.2 Å². The first-order chi connectivity index (χ1) is 16.7. The maximum absolute atomic E-state index is 12.9. The van der Waals surface area contributed by atoms with Crippen LogP contribution in [0.1, 0.15) is 27.9 Å². The van der Waals surface area contributed by atoms with Crippen molar-refractivity contribution in [3.63, 3.8) is 0 Å². The maximum Gasteiger partial charge on any atom is 0.251 e. The molecule has 0 radical (unpaired) electrons. The summed E-state index contributed by atoms with van der Waals surface area (Å²) in [5.41, 5.74) is 5.24. The van der Waals surface area contributed by atoms with Gasteiger partial charge in [0.1, 0.15) is 0 Å². The Bertz CT molecular complexity index is 1610. The van der Waals surface area contributed by atoms with Gasteiger partial charge in [0.15, 0.2) is 5.60 Å². The highest BCUT2D eigenvalue weighted by Gasteiger charge is 2.37. The van der Waals surface area contributed by atoms with Crippen molar-refractivity contribution in [2.45, 2.75) is 19.4 Å². The van der Waals surface area contributed by atoms with E-state index in [4.69, 9.17) is 11.6 Å². The van der Waals surface area contributed by atoms with Crippen LogP contribution < -0.4 is 5.56 Å². The normalized spacial score (nSPS) is 13.2. The van der Waals surface area contributed by atoms with Crippen molar-refractivity contribution >= 4 is 22.5 Å². The third-order valence-corrected chi connectivity index (χ3v) is 7.12. The van der Waals surface area contributed by atoms with Crippen LogP contribution in [-0.4, -0.2) is 19.2 Å². The molecule has 6 heteroatoms. The Kier molecular flexibility index (Phi) is 5.62. The van der Waals surface area contributed by atoms with E-state index in [1.54, 1.807) is 42.3 Å². The maximum atomic E-state index is 12.9. The fourth-order valence-electron chi connectivity index (χ4n) is 4.99. The van der Waals surface area contributed by atoms with Crippen LogP contribution in [0.25, 0.3) is 22.0 Å². The second-order valence-electron chi connectivity index (χ2n) is 9.06. The minimum Gasteiger partial charge on any atom is -0.374 e. The van der Waals surface area contributed by atoms with Gasteiger partial charge in [-0.2, -0.15) is 0 Å². The number of imidazole rings is 1. The van der Waals surface area contributed by atoms with E-state index < -0.39 is 5.60 Å². The van der Waals surface area contributed by atoms with Gasteiger partial charge in [-0.05, 0) is 71.5 Å². The van der Waals surface area contributed by atoms with E-state index in [0.29, 0.717) is 21.8 Å². The van der Waals surface area contributed by atoms with Gasteiger partial charge in [-0.15, -0.1) is 0 Å². The summed E-state index contributed by atoms with van der Waals surface area (Å²) in [5, 5.41) is 13.8. The zero-order valence-electron chi connectivity index (χ0n) is 20.1. The lowest BCUT2D eigenvalue weighted by molar-refractivity contribution is 0.117. The molecule has 1 unspecified atom stereocenters. The van der Waals surface area contributed by atoms with Gasteiger partial charge in [0.2, 0.25) is 0 Å². The highest BCUT2D eigenvalue weighted by molar-refractivity contribution is 6.30. The second kappa shape index (κ2) is 8.52. The number of benzene rings is 3. The van der Waals surface area contributed by atoms with Crippen LogP contribution >= 0.6 is 11.6 Å². The molecular weight excluding hydrogens is 458 g/mol. The molecule has 1 N–H and O–H groups in total. The van der Waals surface area contributed by atoms with E-state index in [9.17, 15) is 9.90 Å². The van der Waals surface area contributed by atoms with Crippen LogP contribution in [0, 0.1) is 13.8 Å². The van der Waals surface area contributed by atoms with Crippen LogP contribution in [0.5, 0.6) is 0 Å². The minimum absolute atomic E-state index is 0.0810. The van der Waals surface area contributed by atoms with Crippen molar-refractivity contribution in [2.75, 3.05) is 0 Å². The molecule has 35 heavy (non-hydrogen) atoms. The summed E-state index contributed by atoms with van der Waals surface area (Å²) in [4.78, 5) is 17.2. The summed E-state index contributed by atoms with van der Waals surface area (Å²) < 4.78 is 3.45. The topological polar surface area (TPSA) is 60.1 Å². The van der Waals surface area contributed by atoms with Gasteiger partial charge in [-0.3, -0.25) is 4.79 Å². The van der Waals surface area contributed by atoms with Gasteiger partial charge in [0.25, 0.3) is 5.56 Å². The smallest absolute Gasteiger partial charge is 0.251 e. The van der Waals surface area contributed by atoms with Crippen molar-refractivity contribution in [3.05, 3.63) is 123 Å². The lowest BCUT2D eigenvalue weighted by Crippen LogP contribution is -2.31. The minimum atomic E-state index is -1.49. The van der Waals surface area contributed by atoms with Crippen LogP contribution in [0.15, 0.2) is 84.0 Å². The van der Waals surface area contributed by atoms with E-state index in [-0.39, 0.29) is 5.56 Å². The third-order valence-electron chi connectivity index (χ3n) is 6.86. The number of aromatic nitrogens is 3. The molecule has 2 aromatic heterocycles. The Balaban J connectivity index is 1.87. The standard InChI is InChI=1S/C29H26ClN3O2/c1-18-6-5-7-19(2)28(18)24-15-27(34)33(4)25-13-10-21(14-23(24)25)29(35,26-16-31-17-32(26)3)20-8-11-22(30)12-9-20/h5-17,35H,1-4H3. The predicted octanol–water partition coefficient (Wildman–Crippen LogP) is 5.49. The Morgan fingerprint density at radius 3 is 2.20 bits per heavy atom. The summed E-state index contributed by atoms with van der Waals surface area (Å²) in [6, 6.07) is 20.8. The number of halogens is 1. The van der Waals surface area contributed by atoms with E-state index >= 15 is 0 Å². The average Bonchev–Trinajstić information content (AvgIpc) is 3.28. The summed E-state index contributed by atoms with van der Waals surface area (Å²) in [7, 11) is 3.63. The molecule has 5 nitrogen and oxygen atoms in total. The molecule has 1 atom stereocenters. The number of aliphatic hydroxyl groups is 1. The molecule has 0 saturated heterocycles. The summed E-state index contributed by atoms with van der Waals surface area (Å²) in [6.07, 6.45) is 3.34. The quantitative estimate of drug-likeness (QED) is 0.367. The number of aryl methyl sites for hydroxylation is 4. The number of nitrogens with zero attached hydrogens (tertiary/aromatic N) is 3. The van der Waals surface area contributed by atoms with Gasteiger partial charge in [-0.25, -0.2) is 4.98 Å². The summed E-state index contributed by atoms with van der Waals surface area (Å²) >= 11 is 6.16. The fraction of sp³-hybridized carbons (Fsp3) is 0.172. The van der Waals surface area contributed by atoms with Crippen molar-refractivity contribution in [1.29, 1.82) is 0 Å². The number of rotatable bonds is 4. The van der Waals surface area contributed by atoms with Crippen molar-refractivity contribution < 1.29 is 5.11 Å². The zero-order valence-corrected chi connectivity index (χ0v) is 20.8. The predicted molar refractivity (Wildman–Crippen MR) is 141 cm³/mol. The molecule has 0 amide bonds. The van der Waals surface area contributed by atoms with Crippen LogP contribution in [0.3, 0.4) is 0 Å². The highest BCUT2D eigenvalue weighted by atomic mass is 35.5. The molecule has 0 saturated carbocycles. The van der Waals surface area contributed by atoms with Crippen LogP contribution in [-0.2, 0) is 19.7 Å². The summed E-state index contributed by atoms with van der Waals surface area (Å²) in [6.45, 7) is 4.10. The SMILES string of the molecule is Cc1cccc(C)c1-c1cc(=O)n(C)c2ccc(C(O)(c3ccc(Cl)cc3)c3cncn3C)cc12. The van der Waals surface area contributed by atoms with Gasteiger partial charge in [0.05, 0.1) is 23.7 Å². The number of fused-ring (bicyclic) bond motifs is 1. The highest BCUT2D eigenvalue weighted by Crippen LogP contribution is 2.40. The Labute approximate surface area is 208 Å². The Morgan fingerprint density at radius 2 is 1.57 bits per heavy atom. The van der Waals surface area contributed by atoms with Gasteiger partial charge in [0, 0.05) is 30.6 Å². The van der Waals surface area contributed by atoms with Crippen LogP contribution in [0.4, 0.5) is 0 Å². The molecule has 176 valence electrons. The summed E-state index contributed by atoms with van der Waals surface area (Å²) in [5.74, 6) is 0. The first-order valence-electron chi connectivity index (χ1n) is 11.4. The largest absolute Gasteiger partial charge is 0.374 e. The van der Waals surface area contributed by atoms with Crippen LogP contribution in [0.2, 0.25) is 5.02 Å². The molecule has 0 fully saturated rings. The molecule has 0 aliphatic carbocycles. The first kappa shape index (κ1) is 23.1. The molecule has 0 spiro atoms. The third kappa shape index (κ3) is 3.68. The Hall–Kier alpha value is -3.67. The second-order valence-corrected chi connectivity index (χ2v) is 9.50. The van der Waals surface area contributed by atoms with E-state index in [2.05, 4.69) is 31.0 Å². The van der Waals surface area contributed by atoms with Crippen molar-refractivity contribution in [2.24, 2.45) is 14.1 Å². The van der Waals surface area contributed by atoms with Gasteiger partial charge >= 0.3 is 0 Å². The van der Waals surface area contributed by atoms with Crippen molar-refractivity contribution in [1.82, 2.24) is 14.1 Å². The Morgan fingerprint density at radius 1 is 0.914 bits per heavy atom. The van der Waals surface area contributed by atoms with Gasteiger partial charge in [-0.1, -0.05) is 48.0 Å². The van der Waals surface area contributed by atoms with Crippen molar-refractivity contribution in [3.8, 4) is 11.1 Å². The molecule has 5 aromatic rings. The molecule has 5 rings (SSSR count). The molecular formula is C29H26ClN3O2. The van der Waals surface area contributed by atoms with E-state index in [0.717, 1.165) is 33.2 Å². The molecule has 2 heterocycles. The number of hydrogen-bond donors (Lipinski definition) is 1. The average molecular weight is 484 g/mol. The fourth-order valence-corrected chi connectivity index (χ4v) is 5.12. The lowest BCUT2D eigenvalue weighted by atomic mass is 9.82. The lowest BCUT2D eigenvalue weighted by Gasteiger charge is -2.30. The molecule has 0 aliphatic heterocycles. The number of hydrogen-bond acceptors (Lipinski definition) is 3. The number of pyridine rings is 1.